The van der Waals surface area contributed by atoms with Gasteiger partial charge in [0.05, 0.1) is 11.4 Å². The lowest BCUT2D eigenvalue weighted by molar-refractivity contribution is 0.0695. The van der Waals surface area contributed by atoms with Crippen LogP contribution in [-0.4, -0.2) is 20.9 Å². The lowest BCUT2D eigenvalue weighted by Gasteiger charge is -2.06. The third kappa shape index (κ3) is 1.81. The Kier molecular flexibility index (Phi) is 2.78. The molecule has 0 spiro atoms. The summed E-state index contributed by atoms with van der Waals surface area (Å²) in [5, 5.41) is 13.1. The Hall–Kier alpha value is -2.37. The fourth-order valence-corrected chi connectivity index (χ4v) is 1.88. The van der Waals surface area contributed by atoms with E-state index in [0.717, 1.165) is 0 Å². The highest BCUT2D eigenvalue weighted by atomic mass is 19.1. The molecule has 0 unspecified atom stereocenters. The van der Waals surface area contributed by atoms with Crippen molar-refractivity contribution in [3.63, 3.8) is 0 Å². The van der Waals surface area contributed by atoms with Crippen LogP contribution in [0.15, 0.2) is 18.2 Å². The minimum absolute atomic E-state index is 0.0804. The standard InChI is InChI=1S/C12H12FN3O2/c1-6-11(12(17)18)7(2)16(15-6)10-5-8(14)3-4-9(10)13/h3-5H,14H2,1-2H3,(H,17,18). The number of rotatable bonds is 2. The van der Waals surface area contributed by atoms with Crippen molar-refractivity contribution in [2.45, 2.75) is 13.8 Å². The summed E-state index contributed by atoms with van der Waals surface area (Å²) in [5.74, 6) is -1.59. The van der Waals surface area contributed by atoms with Crippen molar-refractivity contribution in [2.75, 3.05) is 5.73 Å². The number of hydrogen-bond acceptors (Lipinski definition) is 3. The molecule has 0 radical (unpaired) electrons. The molecule has 5 nitrogen and oxygen atoms in total. The van der Waals surface area contributed by atoms with Crippen LogP contribution in [0.4, 0.5) is 10.1 Å². The maximum Gasteiger partial charge on any atom is 0.339 e. The van der Waals surface area contributed by atoms with E-state index in [1.54, 1.807) is 13.8 Å². The summed E-state index contributed by atoms with van der Waals surface area (Å²) >= 11 is 0. The van der Waals surface area contributed by atoms with Gasteiger partial charge >= 0.3 is 5.97 Å². The van der Waals surface area contributed by atoms with Crippen molar-refractivity contribution in [1.82, 2.24) is 9.78 Å². The third-order valence-corrected chi connectivity index (χ3v) is 2.70. The quantitative estimate of drug-likeness (QED) is 0.796. The highest BCUT2D eigenvalue weighted by Crippen LogP contribution is 2.21. The summed E-state index contributed by atoms with van der Waals surface area (Å²) < 4.78 is 15.0. The van der Waals surface area contributed by atoms with Gasteiger partial charge in [0.25, 0.3) is 0 Å². The Morgan fingerprint density at radius 3 is 2.67 bits per heavy atom. The van der Waals surface area contributed by atoms with Crippen LogP contribution in [0.5, 0.6) is 0 Å². The number of halogens is 1. The predicted octanol–water partition coefficient (Wildman–Crippen LogP) is 1.91. The monoisotopic (exact) mass is 249 g/mol. The van der Waals surface area contributed by atoms with E-state index < -0.39 is 11.8 Å². The van der Waals surface area contributed by atoms with Crippen molar-refractivity contribution in [3.05, 3.63) is 41.0 Å². The predicted molar refractivity (Wildman–Crippen MR) is 64.4 cm³/mol. The van der Waals surface area contributed by atoms with E-state index in [1.807, 2.05) is 0 Å². The molecule has 3 N–H and O–H groups in total. The van der Waals surface area contributed by atoms with Gasteiger partial charge in [-0.3, -0.25) is 0 Å². The summed E-state index contributed by atoms with van der Waals surface area (Å²) in [7, 11) is 0. The molecule has 1 heterocycles. The Morgan fingerprint density at radius 1 is 1.44 bits per heavy atom. The average Bonchev–Trinajstić information content (AvgIpc) is 2.57. The third-order valence-electron chi connectivity index (χ3n) is 2.70. The first-order chi connectivity index (χ1) is 8.41. The molecule has 6 heteroatoms. The van der Waals surface area contributed by atoms with Crippen LogP contribution in [0, 0.1) is 19.7 Å². The fourth-order valence-electron chi connectivity index (χ4n) is 1.88. The molecule has 2 aromatic rings. The maximum absolute atomic E-state index is 13.7. The normalized spacial score (nSPS) is 10.6. The second-order valence-corrected chi connectivity index (χ2v) is 3.97. The first-order valence-electron chi connectivity index (χ1n) is 5.26. The smallest absolute Gasteiger partial charge is 0.339 e. The highest BCUT2D eigenvalue weighted by molar-refractivity contribution is 5.90. The van der Waals surface area contributed by atoms with Gasteiger partial charge in [-0.15, -0.1) is 0 Å². The van der Waals surface area contributed by atoms with Crippen molar-refractivity contribution >= 4 is 11.7 Å². The zero-order valence-corrected chi connectivity index (χ0v) is 9.94. The lowest BCUT2D eigenvalue weighted by atomic mass is 10.2. The number of hydrogen-bond donors (Lipinski definition) is 2. The van der Waals surface area contributed by atoms with E-state index in [1.165, 1.54) is 22.9 Å². The Morgan fingerprint density at radius 2 is 2.11 bits per heavy atom. The number of aromatic nitrogens is 2. The minimum atomic E-state index is -1.08. The molecule has 94 valence electrons. The van der Waals surface area contributed by atoms with Gasteiger partial charge in [0.2, 0.25) is 0 Å². The topological polar surface area (TPSA) is 81.1 Å². The van der Waals surface area contributed by atoms with Gasteiger partial charge in [0.1, 0.15) is 17.1 Å². The maximum atomic E-state index is 13.7. The van der Waals surface area contributed by atoms with Crippen LogP contribution < -0.4 is 5.73 Å². The molecule has 0 bridgehead atoms. The van der Waals surface area contributed by atoms with Crippen molar-refractivity contribution in [2.24, 2.45) is 0 Å². The van der Waals surface area contributed by atoms with E-state index in [4.69, 9.17) is 10.8 Å². The molecule has 0 saturated carbocycles. The van der Waals surface area contributed by atoms with Gasteiger partial charge in [-0.1, -0.05) is 0 Å². The fraction of sp³-hybridized carbons (Fsp3) is 0.167. The lowest BCUT2D eigenvalue weighted by Crippen LogP contribution is -2.05. The van der Waals surface area contributed by atoms with Crippen LogP contribution in [0.2, 0.25) is 0 Å². The summed E-state index contributed by atoms with van der Waals surface area (Å²) in [6, 6.07) is 4.07. The van der Waals surface area contributed by atoms with E-state index in [-0.39, 0.29) is 11.3 Å². The molecule has 0 aliphatic carbocycles. The van der Waals surface area contributed by atoms with E-state index in [9.17, 15) is 9.18 Å². The number of anilines is 1. The highest BCUT2D eigenvalue weighted by Gasteiger charge is 2.20. The van der Waals surface area contributed by atoms with Crippen molar-refractivity contribution in [1.29, 1.82) is 0 Å². The second-order valence-electron chi connectivity index (χ2n) is 3.97. The molecular weight excluding hydrogens is 237 g/mol. The minimum Gasteiger partial charge on any atom is -0.478 e. The van der Waals surface area contributed by atoms with Crippen LogP contribution in [-0.2, 0) is 0 Å². The zero-order chi connectivity index (χ0) is 13.4. The second kappa shape index (κ2) is 4.14. The number of carboxylic acids is 1. The summed E-state index contributed by atoms with van der Waals surface area (Å²) in [4.78, 5) is 11.1. The van der Waals surface area contributed by atoms with Crippen LogP contribution in [0.25, 0.3) is 5.69 Å². The Bertz CT molecular complexity index is 634. The largest absolute Gasteiger partial charge is 0.478 e. The molecule has 1 aromatic heterocycles. The van der Waals surface area contributed by atoms with E-state index in [0.29, 0.717) is 17.1 Å². The van der Waals surface area contributed by atoms with Crippen LogP contribution in [0.1, 0.15) is 21.7 Å². The number of aryl methyl sites for hydroxylation is 1. The first-order valence-corrected chi connectivity index (χ1v) is 5.26. The van der Waals surface area contributed by atoms with Crippen LogP contribution in [0.3, 0.4) is 0 Å². The SMILES string of the molecule is Cc1nn(-c2cc(N)ccc2F)c(C)c1C(=O)O. The molecular formula is C12H12FN3O2. The van der Waals surface area contributed by atoms with Gasteiger partial charge in [0, 0.05) is 5.69 Å². The molecule has 2 rings (SSSR count). The number of aromatic carboxylic acids is 1. The number of nitrogens with zero attached hydrogens (tertiary/aromatic N) is 2. The molecule has 1 aromatic carbocycles. The number of nitrogens with two attached hydrogens (primary N) is 1. The number of carboxylic acid groups (broad SMARTS) is 1. The van der Waals surface area contributed by atoms with Crippen molar-refractivity contribution < 1.29 is 14.3 Å². The van der Waals surface area contributed by atoms with Gasteiger partial charge in [-0.05, 0) is 32.0 Å². The van der Waals surface area contributed by atoms with Crippen molar-refractivity contribution in [3.8, 4) is 5.69 Å². The van der Waals surface area contributed by atoms with Gasteiger partial charge in [-0.2, -0.15) is 5.10 Å². The van der Waals surface area contributed by atoms with Gasteiger partial charge < -0.3 is 10.8 Å². The molecule has 0 amide bonds. The first kappa shape index (κ1) is 12.1. The average molecular weight is 249 g/mol. The van der Waals surface area contributed by atoms with Gasteiger partial charge in [0.15, 0.2) is 0 Å². The number of benzene rings is 1. The molecule has 18 heavy (non-hydrogen) atoms. The zero-order valence-electron chi connectivity index (χ0n) is 9.94. The number of carbonyl (C=O) groups is 1. The molecule has 0 aliphatic rings. The summed E-state index contributed by atoms with van der Waals surface area (Å²) in [5.41, 5.74) is 6.90. The molecule has 0 atom stereocenters. The summed E-state index contributed by atoms with van der Waals surface area (Å²) in [6.45, 7) is 3.14. The Labute approximate surface area is 103 Å². The molecule has 0 fully saturated rings. The van der Waals surface area contributed by atoms with E-state index in [2.05, 4.69) is 5.10 Å². The van der Waals surface area contributed by atoms with Crippen LogP contribution >= 0.6 is 0 Å². The Balaban J connectivity index is 2.69. The summed E-state index contributed by atoms with van der Waals surface area (Å²) in [6.07, 6.45) is 0. The van der Waals surface area contributed by atoms with E-state index >= 15 is 0 Å². The number of nitrogen functional groups attached to an aromatic ring is 1. The molecule has 0 aliphatic heterocycles. The molecule has 0 saturated heterocycles. The van der Waals surface area contributed by atoms with Gasteiger partial charge in [-0.25, -0.2) is 13.9 Å².